The van der Waals surface area contributed by atoms with Crippen LogP contribution in [-0.2, 0) is 4.79 Å². The van der Waals surface area contributed by atoms with Gasteiger partial charge >= 0.3 is 0 Å². The Kier molecular flexibility index (Phi) is 7.30. The summed E-state index contributed by atoms with van der Waals surface area (Å²) in [6.45, 7) is 1.39. The molecule has 2 aromatic rings. The van der Waals surface area contributed by atoms with E-state index in [-0.39, 0.29) is 11.6 Å². The Labute approximate surface area is 176 Å². The average molecular weight is 413 g/mol. The van der Waals surface area contributed by atoms with Crippen LogP contribution < -0.4 is 10.1 Å². The molecule has 0 radical (unpaired) electrons. The monoisotopic (exact) mass is 412 g/mol. The molecule has 1 saturated heterocycles. The van der Waals surface area contributed by atoms with E-state index in [0.29, 0.717) is 23.7 Å². The van der Waals surface area contributed by atoms with Crippen LogP contribution in [0.2, 0.25) is 5.02 Å². The molecule has 2 aromatic carbocycles. The predicted octanol–water partition coefficient (Wildman–Crippen LogP) is 4.52. The van der Waals surface area contributed by atoms with Crippen LogP contribution >= 0.6 is 11.6 Å². The smallest absolute Gasteiger partial charge is 0.270 e. The van der Waals surface area contributed by atoms with E-state index in [4.69, 9.17) is 16.3 Å². The fourth-order valence-corrected chi connectivity index (χ4v) is 3.52. The van der Waals surface area contributed by atoms with Gasteiger partial charge in [0, 0.05) is 13.1 Å². The highest BCUT2D eigenvalue weighted by molar-refractivity contribution is 6.34. The number of methoxy groups -OCH3 is 1. The Morgan fingerprint density at radius 2 is 1.66 bits per heavy atom. The quantitative estimate of drug-likeness (QED) is 0.734. The summed E-state index contributed by atoms with van der Waals surface area (Å²) in [6, 6.07) is 14.1. The number of rotatable bonds is 5. The van der Waals surface area contributed by atoms with Crippen LogP contribution in [0.15, 0.2) is 54.2 Å². The summed E-state index contributed by atoms with van der Waals surface area (Å²) in [6.07, 6.45) is 5.88. The molecule has 0 bridgehead atoms. The van der Waals surface area contributed by atoms with Gasteiger partial charge in [0.2, 0.25) is 0 Å². The molecule has 0 saturated carbocycles. The summed E-state index contributed by atoms with van der Waals surface area (Å²) in [5.74, 6) is 0.143. The van der Waals surface area contributed by atoms with Gasteiger partial charge in [-0.2, -0.15) is 0 Å². The van der Waals surface area contributed by atoms with E-state index in [1.807, 2.05) is 29.2 Å². The molecule has 152 valence electrons. The first-order valence-corrected chi connectivity index (χ1v) is 10.2. The SMILES string of the molecule is COc1ccc(/C=C(\NC(=O)c2ccccc2Cl)C(=O)N2CCCCCC2)cc1. The van der Waals surface area contributed by atoms with Gasteiger partial charge in [-0.25, -0.2) is 0 Å². The fraction of sp³-hybridized carbons (Fsp3) is 0.304. The summed E-state index contributed by atoms with van der Waals surface area (Å²) in [5, 5.41) is 3.13. The van der Waals surface area contributed by atoms with Gasteiger partial charge in [-0.05, 0) is 48.7 Å². The minimum atomic E-state index is -0.404. The van der Waals surface area contributed by atoms with E-state index < -0.39 is 5.91 Å². The highest BCUT2D eigenvalue weighted by atomic mass is 35.5. The molecule has 2 amide bonds. The van der Waals surface area contributed by atoms with Crippen molar-refractivity contribution in [2.24, 2.45) is 0 Å². The second-order valence-electron chi connectivity index (χ2n) is 6.97. The summed E-state index contributed by atoms with van der Waals surface area (Å²) in [5.41, 5.74) is 1.36. The van der Waals surface area contributed by atoms with E-state index in [1.165, 1.54) is 0 Å². The topological polar surface area (TPSA) is 58.6 Å². The van der Waals surface area contributed by atoms with Crippen molar-refractivity contribution in [1.82, 2.24) is 10.2 Å². The first-order valence-electron chi connectivity index (χ1n) is 9.79. The summed E-state index contributed by atoms with van der Waals surface area (Å²) >= 11 is 6.16. The molecule has 1 aliphatic heterocycles. The summed E-state index contributed by atoms with van der Waals surface area (Å²) in [7, 11) is 1.60. The Hall–Kier alpha value is -2.79. The van der Waals surface area contributed by atoms with Crippen molar-refractivity contribution in [1.29, 1.82) is 0 Å². The molecule has 0 aromatic heterocycles. The molecule has 3 rings (SSSR count). The summed E-state index contributed by atoms with van der Waals surface area (Å²) in [4.78, 5) is 27.8. The van der Waals surface area contributed by atoms with Gasteiger partial charge in [0.1, 0.15) is 11.4 Å². The number of benzene rings is 2. The van der Waals surface area contributed by atoms with E-state index in [1.54, 1.807) is 37.5 Å². The van der Waals surface area contributed by atoms with Crippen molar-refractivity contribution >= 4 is 29.5 Å². The van der Waals surface area contributed by atoms with Crippen molar-refractivity contribution in [2.75, 3.05) is 20.2 Å². The largest absolute Gasteiger partial charge is 0.497 e. The molecule has 5 nitrogen and oxygen atoms in total. The van der Waals surface area contributed by atoms with Gasteiger partial charge in [-0.1, -0.05) is 48.7 Å². The van der Waals surface area contributed by atoms with Crippen molar-refractivity contribution in [2.45, 2.75) is 25.7 Å². The fourth-order valence-electron chi connectivity index (χ4n) is 3.30. The zero-order valence-electron chi connectivity index (χ0n) is 16.5. The van der Waals surface area contributed by atoms with Crippen LogP contribution in [0.3, 0.4) is 0 Å². The second-order valence-corrected chi connectivity index (χ2v) is 7.38. The Bertz CT molecular complexity index is 885. The Morgan fingerprint density at radius 1 is 1.00 bits per heavy atom. The molecule has 1 aliphatic rings. The maximum absolute atomic E-state index is 13.2. The minimum absolute atomic E-state index is 0.178. The maximum atomic E-state index is 13.2. The molecule has 29 heavy (non-hydrogen) atoms. The van der Waals surface area contributed by atoms with Gasteiger partial charge in [0.25, 0.3) is 11.8 Å². The molecule has 0 atom stereocenters. The van der Waals surface area contributed by atoms with E-state index in [0.717, 1.165) is 37.0 Å². The molecule has 6 heteroatoms. The first-order chi connectivity index (χ1) is 14.1. The third-order valence-electron chi connectivity index (χ3n) is 4.92. The molecule has 1 fully saturated rings. The number of nitrogens with zero attached hydrogens (tertiary/aromatic N) is 1. The van der Waals surface area contributed by atoms with Gasteiger partial charge in [-0.3, -0.25) is 9.59 Å². The predicted molar refractivity (Wildman–Crippen MR) is 115 cm³/mol. The molecular formula is C23H25ClN2O3. The number of ether oxygens (including phenoxy) is 1. The lowest BCUT2D eigenvalue weighted by Crippen LogP contribution is -2.39. The number of amides is 2. The molecule has 1 heterocycles. The Morgan fingerprint density at radius 3 is 2.28 bits per heavy atom. The molecule has 0 spiro atoms. The highest BCUT2D eigenvalue weighted by Crippen LogP contribution is 2.19. The van der Waals surface area contributed by atoms with Crippen molar-refractivity contribution in [3.05, 3.63) is 70.4 Å². The zero-order valence-corrected chi connectivity index (χ0v) is 17.2. The van der Waals surface area contributed by atoms with E-state index >= 15 is 0 Å². The zero-order chi connectivity index (χ0) is 20.6. The maximum Gasteiger partial charge on any atom is 0.270 e. The highest BCUT2D eigenvalue weighted by Gasteiger charge is 2.22. The van der Waals surface area contributed by atoms with Crippen LogP contribution in [0.5, 0.6) is 5.75 Å². The summed E-state index contributed by atoms with van der Waals surface area (Å²) < 4.78 is 5.19. The lowest BCUT2D eigenvalue weighted by atomic mass is 10.1. The lowest BCUT2D eigenvalue weighted by Gasteiger charge is -2.22. The van der Waals surface area contributed by atoms with E-state index in [9.17, 15) is 9.59 Å². The number of likely N-dealkylation sites (tertiary alicyclic amines) is 1. The van der Waals surface area contributed by atoms with Gasteiger partial charge in [0.15, 0.2) is 0 Å². The number of carbonyl (C=O) groups excluding carboxylic acids is 2. The number of nitrogens with one attached hydrogen (secondary N) is 1. The van der Waals surface area contributed by atoms with Crippen LogP contribution in [0, 0.1) is 0 Å². The van der Waals surface area contributed by atoms with Crippen LogP contribution in [0.25, 0.3) is 6.08 Å². The normalized spacial score (nSPS) is 14.8. The Balaban J connectivity index is 1.89. The van der Waals surface area contributed by atoms with Crippen LogP contribution in [0.4, 0.5) is 0 Å². The van der Waals surface area contributed by atoms with Gasteiger partial charge in [-0.15, -0.1) is 0 Å². The van der Waals surface area contributed by atoms with Crippen LogP contribution in [0.1, 0.15) is 41.6 Å². The average Bonchev–Trinajstić information content (AvgIpc) is 3.03. The first kappa shape index (κ1) is 20.9. The number of hydrogen-bond acceptors (Lipinski definition) is 3. The molecule has 1 N–H and O–H groups in total. The number of halogens is 1. The van der Waals surface area contributed by atoms with Gasteiger partial charge in [0.05, 0.1) is 17.7 Å². The molecule has 0 aliphatic carbocycles. The second kappa shape index (κ2) is 10.1. The lowest BCUT2D eigenvalue weighted by molar-refractivity contribution is -0.127. The van der Waals surface area contributed by atoms with Crippen LogP contribution in [-0.4, -0.2) is 36.9 Å². The number of hydrogen-bond donors (Lipinski definition) is 1. The van der Waals surface area contributed by atoms with Crippen molar-refractivity contribution in [3.63, 3.8) is 0 Å². The third-order valence-corrected chi connectivity index (χ3v) is 5.25. The van der Waals surface area contributed by atoms with E-state index in [2.05, 4.69) is 5.32 Å². The molecular weight excluding hydrogens is 388 g/mol. The number of carbonyl (C=O) groups is 2. The van der Waals surface area contributed by atoms with Gasteiger partial charge < -0.3 is 15.0 Å². The minimum Gasteiger partial charge on any atom is -0.497 e. The third kappa shape index (κ3) is 5.61. The standard InChI is InChI=1S/C23H25ClN2O3/c1-29-18-12-10-17(11-13-18)16-21(23(28)26-14-6-2-3-7-15-26)25-22(27)19-8-4-5-9-20(19)24/h4-5,8-13,16H,2-3,6-7,14-15H2,1H3,(H,25,27)/b21-16-. The van der Waals surface area contributed by atoms with Crippen molar-refractivity contribution in [3.8, 4) is 5.75 Å². The van der Waals surface area contributed by atoms with Crippen molar-refractivity contribution < 1.29 is 14.3 Å². The molecule has 0 unspecified atom stereocenters.